The van der Waals surface area contributed by atoms with E-state index in [4.69, 9.17) is 16.3 Å². The minimum absolute atomic E-state index is 0.211. The Bertz CT molecular complexity index is 785. The van der Waals surface area contributed by atoms with E-state index in [1.807, 2.05) is 34.9 Å². The molecule has 0 aliphatic carbocycles. The van der Waals surface area contributed by atoms with Crippen LogP contribution in [-0.2, 0) is 17.2 Å². The molecule has 0 amide bonds. The van der Waals surface area contributed by atoms with Crippen LogP contribution < -0.4 is 0 Å². The molecular weight excluding hydrogens is 291 g/mol. The van der Waals surface area contributed by atoms with Crippen molar-refractivity contribution >= 4 is 22.6 Å². The molecular formula is C16H14ClFN2O. The first-order chi connectivity index (χ1) is 10.2. The summed E-state index contributed by atoms with van der Waals surface area (Å²) in [7, 11) is 1.65. The molecule has 0 fully saturated rings. The molecule has 3 nitrogen and oxygen atoms in total. The van der Waals surface area contributed by atoms with Crippen molar-refractivity contribution in [2.45, 2.75) is 12.5 Å². The van der Waals surface area contributed by atoms with Gasteiger partial charge >= 0.3 is 0 Å². The zero-order valence-corrected chi connectivity index (χ0v) is 12.3. The number of benzene rings is 2. The second-order valence-corrected chi connectivity index (χ2v) is 4.97. The Morgan fingerprint density at radius 2 is 2.05 bits per heavy atom. The van der Waals surface area contributed by atoms with Crippen LogP contribution in [0.5, 0.6) is 0 Å². The summed E-state index contributed by atoms with van der Waals surface area (Å²) in [5.41, 5.74) is 2.98. The van der Waals surface area contributed by atoms with Gasteiger partial charge in [0.2, 0.25) is 0 Å². The number of halogens is 2. The monoisotopic (exact) mass is 304 g/mol. The Balaban J connectivity index is 2.23. The maximum absolute atomic E-state index is 13.9. The number of nitrogens with zero attached hydrogens (tertiary/aromatic N) is 2. The van der Waals surface area contributed by atoms with Crippen LogP contribution in [0.4, 0.5) is 4.39 Å². The van der Waals surface area contributed by atoms with Gasteiger partial charge in [-0.05, 0) is 29.8 Å². The highest BCUT2D eigenvalue weighted by Gasteiger charge is 2.14. The Morgan fingerprint density at radius 3 is 2.81 bits per heavy atom. The molecule has 3 rings (SSSR count). The molecule has 0 radical (unpaired) electrons. The molecule has 0 saturated carbocycles. The topological polar surface area (TPSA) is 27.1 Å². The number of hydrogen-bond donors (Lipinski definition) is 0. The van der Waals surface area contributed by atoms with Crippen molar-refractivity contribution in [2.24, 2.45) is 0 Å². The molecule has 0 bridgehead atoms. The van der Waals surface area contributed by atoms with E-state index in [1.54, 1.807) is 13.2 Å². The Kier molecular flexibility index (Phi) is 3.90. The lowest BCUT2D eigenvalue weighted by molar-refractivity contribution is 0.185. The van der Waals surface area contributed by atoms with Crippen LogP contribution in [0, 0.1) is 5.82 Å². The van der Waals surface area contributed by atoms with Crippen molar-refractivity contribution in [2.75, 3.05) is 7.11 Å². The van der Waals surface area contributed by atoms with Crippen LogP contribution in [0.15, 0.2) is 42.5 Å². The lowest BCUT2D eigenvalue weighted by atomic mass is 10.2. The van der Waals surface area contributed by atoms with Gasteiger partial charge in [0.25, 0.3) is 0 Å². The zero-order valence-electron chi connectivity index (χ0n) is 11.5. The van der Waals surface area contributed by atoms with Crippen molar-refractivity contribution in [1.29, 1.82) is 0 Å². The largest absolute Gasteiger partial charge is 0.380 e. The van der Waals surface area contributed by atoms with Crippen molar-refractivity contribution in [1.82, 2.24) is 9.55 Å². The fourth-order valence-corrected chi connectivity index (χ4v) is 2.62. The number of rotatable bonds is 4. The van der Waals surface area contributed by atoms with E-state index in [0.29, 0.717) is 23.5 Å². The van der Waals surface area contributed by atoms with Crippen LogP contribution in [0.25, 0.3) is 16.7 Å². The van der Waals surface area contributed by atoms with Crippen LogP contribution in [0.3, 0.4) is 0 Å². The first-order valence-corrected chi connectivity index (χ1v) is 7.08. The van der Waals surface area contributed by atoms with E-state index in [1.165, 1.54) is 6.07 Å². The number of fused-ring (bicyclic) bond motifs is 1. The Labute approximate surface area is 126 Å². The van der Waals surface area contributed by atoms with E-state index in [2.05, 4.69) is 4.98 Å². The Morgan fingerprint density at radius 1 is 1.24 bits per heavy atom. The normalized spacial score (nSPS) is 11.2. The summed E-state index contributed by atoms with van der Waals surface area (Å²) < 4.78 is 20.9. The average molecular weight is 305 g/mol. The summed E-state index contributed by atoms with van der Waals surface area (Å²) >= 11 is 5.98. The molecule has 5 heteroatoms. The maximum atomic E-state index is 13.9. The van der Waals surface area contributed by atoms with E-state index >= 15 is 0 Å². The van der Waals surface area contributed by atoms with Gasteiger partial charge in [0, 0.05) is 12.8 Å². The summed E-state index contributed by atoms with van der Waals surface area (Å²) in [6.07, 6.45) is 0. The quantitative estimate of drug-likeness (QED) is 0.680. The molecule has 0 aliphatic rings. The molecule has 2 aromatic carbocycles. The van der Waals surface area contributed by atoms with Gasteiger partial charge in [-0.2, -0.15) is 0 Å². The lowest BCUT2D eigenvalue weighted by Gasteiger charge is -2.09. The number of imidazole rings is 1. The summed E-state index contributed by atoms with van der Waals surface area (Å²) in [4.78, 5) is 4.31. The molecule has 0 unspecified atom stereocenters. The maximum Gasteiger partial charge on any atom is 0.151 e. The summed E-state index contributed by atoms with van der Waals surface area (Å²) in [5.74, 6) is 0.486. The van der Waals surface area contributed by atoms with Gasteiger partial charge in [-0.25, -0.2) is 9.37 Å². The van der Waals surface area contributed by atoms with Gasteiger partial charge in [0.1, 0.15) is 11.3 Å². The number of hydrogen-bond acceptors (Lipinski definition) is 2. The number of methoxy groups -OCH3 is 1. The second-order valence-electron chi connectivity index (χ2n) is 4.71. The number of para-hydroxylation sites is 1. The highest BCUT2D eigenvalue weighted by Crippen LogP contribution is 2.25. The van der Waals surface area contributed by atoms with E-state index < -0.39 is 0 Å². The standard InChI is InChI=1S/C16H14ClFN2O/c1-21-10-11-4-2-5-12(8-11)20-14-7-3-6-13(18)16(14)19-15(20)9-17/h2-8H,9-10H2,1H3. The first kappa shape index (κ1) is 14.0. The van der Waals surface area contributed by atoms with Crippen molar-refractivity contribution in [3.63, 3.8) is 0 Å². The van der Waals surface area contributed by atoms with Crippen LogP contribution in [-0.4, -0.2) is 16.7 Å². The predicted molar refractivity (Wildman–Crippen MR) is 81.3 cm³/mol. The molecule has 1 heterocycles. The molecule has 108 valence electrons. The molecule has 0 atom stereocenters. The third-order valence-electron chi connectivity index (χ3n) is 3.30. The lowest BCUT2D eigenvalue weighted by Crippen LogP contribution is -2.00. The molecule has 0 N–H and O–H groups in total. The zero-order chi connectivity index (χ0) is 14.8. The average Bonchev–Trinajstić information content (AvgIpc) is 2.88. The van der Waals surface area contributed by atoms with Crippen molar-refractivity contribution in [3.05, 3.63) is 59.7 Å². The number of ether oxygens (including phenoxy) is 1. The molecule has 21 heavy (non-hydrogen) atoms. The summed E-state index contributed by atoms with van der Waals surface area (Å²) in [5, 5.41) is 0. The molecule has 1 aromatic heterocycles. The first-order valence-electron chi connectivity index (χ1n) is 6.54. The fourth-order valence-electron chi connectivity index (χ4n) is 2.44. The Hall–Kier alpha value is -1.91. The van der Waals surface area contributed by atoms with Gasteiger partial charge in [-0.15, -0.1) is 11.6 Å². The van der Waals surface area contributed by atoms with Crippen molar-refractivity contribution < 1.29 is 9.13 Å². The second kappa shape index (κ2) is 5.84. The van der Waals surface area contributed by atoms with Gasteiger partial charge < -0.3 is 4.74 Å². The highest BCUT2D eigenvalue weighted by atomic mass is 35.5. The minimum Gasteiger partial charge on any atom is -0.380 e. The van der Waals surface area contributed by atoms with Crippen LogP contribution in [0.2, 0.25) is 0 Å². The molecule has 0 saturated heterocycles. The highest BCUT2D eigenvalue weighted by molar-refractivity contribution is 6.17. The fraction of sp³-hybridized carbons (Fsp3) is 0.188. The minimum atomic E-state index is -0.342. The summed E-state index contributed by atoms with van der Waals surface area (Å²) in [6, 6.07) is 12.8. The van der Waals surface area contributed by atoms with E-state index in [0.717, 1.165) is 11.3 Å². The predicted octanol–water partition coefficient (Wildman–Crippen LogP) is 4.05. The smallest absolute Gasteiger partial charge is 0.151 e. The molecule has 0 aliphatic heterocycles. The number of alkyl halides is 1. The van der Waals surface area contributed by atoms with Gasteiger partial charge in [0.15, 0.2) is 5.82 Å². The van der Waals surface area contributed by atoms with Crippen LogP contribution >= 0.6 is 11.6 Å². The van der Waals surface area contributed by atoms with E-state index in [-0.39, 0.29) is 11.7 Å². The third-order valence-corrected chi connectivity index (χ3v) is 3.54. The van der Waals surface area contributed by atoms with Crippen LogP contribution in [0.1, 0.15) is 11.4 Å². The van der Waals surface area contributed by atoms with Crippen molar-refractivity contribution in [3.8, 4) is 5.69 Å². The van der Waals surface area contributed by atoms with Gasteiger partial charge in [0.05, 0.1) is 18.0 Å². The van der Waals surface area contributed by atoms with E-state index in [9.17, 15) is 4.39 Å². The molecule has 3 aromatic rings. The third kappa shape index (κ3) is 2.52. The van der Waals surface area contributed by atoms with Gasteiger partial charge in [-0.1, -0.05) is 18.2 Å². The molecule has 0 spiro atoms. The SMILES string of the molecule is COCc1cccc(-n2c(CCl)nc3c(F)cccc32)c1. The summed E-state index contributed by atoms with van der Waals surface area (Å²) in [6.45, 7) is 0.519. The number of aromatic nitrogens is 2. The van der Waals surface area contributed by atoms with Gasteiger partial charge in [-0.3, -0.25) is 4.57 Å².